The van der Waals surface area contributed by atoms with Crippen molar-refractivity contribution < 1.29 is 0 Å². The van der Waals surface area contributed by atoms with Gasteiger partial charge < -0.3 is 10.6 Å². The monoisotopic (exact) mass is 270 g/mol. The van der Waals surface area contributed by atoms with Gasteiger partial charge in [0.1, 0.15) is 0 Å². The minimum Gasteiger partial charge on any atom is -0.397 e. The number of hydrogen-bond acceptors (Lipinski definition) is 4. The van der Waals surface area contributed by atoms with Crippen LogP contribution >= 0.6 is 0 Å². The Hall–Kier alpha value is -1.73. The third-order valence-electron chi connectivity index (χ3n) is 4.65. The second kappa shape index (κ2) is 5.72. The van der Waals surface area contributed by atoms with Gasteiger partial charge >= 0.3 is 0 Å². The smallest absolute Gasteiger partial charge is 0.0992 e. The van der Waals surface area contributed by atoms with E-state index in [4.69, 9.17) is 11.0 Å². The van der Waals surface area contributed by atoms with Gasteiger partial charge in [0.15, 0.2) is 0 Å². The molecule has 0 unspecified atom stereocenters. The lowest BCUT2D eigenvalue weighted by Gasteiger charge is -2.39. The van der Waals surface area contributed by atoms with Crippen LogP contribution in [0.4, 0.5) is 11.4 Å². The molecule has 0 radical (unpaired) electrons. The Balaban J connectivity index is 1.64. The molecule has 0 amide bonds. The first-order chi connectivity index (χ1) is 9.78. The second-order valence-corrected chi connectivity index (χ2v) is 5.85. The summed E-state index contributed by atoms with van der Waals surface area (Å²) in [6.07, 6.45) is 5.54. The van der Waals surface area contributed by atoms with Crippen molar-refractivity contribution in [1.29, 1.82) is 5.26 Å². The van der Waals surface area contributed by atoms with E-state index in [1.165, 1.54) is 25.7 Å². The van der Waals surface area contributed by atoms with E-state index in [0.717, 1.165) is 43.6 Å². The third-order valence-corrected chi connectivity index (χ3v) is 4.65. The Morgan fingerprint density at radius 2 is 1.80 bits per heavy atom. The fraction of sp³-hybridized carbons (Fsp3) is 0.562. The highest BCUT2D eigenvalue weighted by Crippen LogP contribution is 2.28. The van der Waals surface area contributed by atoms with Gasteiger partial charge in [-0.15, -0.1) is 0 Å². The molecule has 2 N–H and O–H groups in total. The van der Waals surface area contributed by atoms with Gasteiger partial charge in [0, 0.05) is 32.2 Å². The Labute approximate surface area is 120 Å². The molecule has 1 saturated heterocycles. The van der Waals surface area contributed by atoms with Crippen molar-refractivity contribution in [2.75, 3.05) is 36.8 Å². The minimum absolute atomic E-state index is 0.635. The van der Waals surface area contributed by atoms with Crippen molar-refractivity contribution in [2.45, 2.75) is 31.7 Å². The van der Waals surface area contributed by atoms with Crippen LogP contribution in [-0.4, -0.2) is 37.1 Å². The number of rotatable bonds is 2. The molecule has 1 aromatic carbocycles. The van der Waals surface area contributed by atoms with Crippen molar-refractivity contribution in [3.8, 4) is 6.07 Å². The van der Waals surface area contributed by atoms with Gasteiger partial charge in [0.2, 0.25) is 0 Å². The maximum Gasteiger partial charge on any atom is 0.0992 e. The molecule has 2 aliphatic rings. The van der Waals surface area contributed by atoms with Gasteiger partial charge in [-0.2, -0.15) is 5.26 Å². The van der Waals surface area contributed by atoms with E-state index in [9.17, 15) is 0 Å². The first-order valence-corrected chi connectivity index (χ1v) is 7.56. The van der Waals surface area contributed by atoms with Crippen LogP contribution in [0.15, 0.2) is 18.2 Å². The molecule has 1 aromatic rings. The van der Waals surface area contributed by atoms with Crippen molar-refractivity contribution in [1.82, 2.24) is 4.90 Å². The maximum atomic E-state index is 8.89. The number of piperazine rings is 1. The molecule has 1 saturated carbocycles. The molecule has 3 rings (SSSR count). The summed E-state index contributed by atoms with van der Waals surface area (Å²) in [5.41, 5.74) is 8.51. The Kier molecular flexibility index (Phi) is 3.79. The summed E-state index contributed by atoms with van der Waals surface area (Å²) in [5.74, 6) is 0. The lowest BCUT2D eigenvalue weighted by Crippen LogP contribution is -2.49. The maximum absolute atomic E-state index is 8.89. The van der Waals surface area contributed by atoms with Crippen LogP contribution in [0.2, 0.25) is 0 Å². The minimum atomic E-state index is 0.635. The molecule has 0 bridgehead atoms. The van der Waals surface area contributed by atoms with Gasteiger partial charge in [-0.3, -0.25) is 4.90 Å². The first kappa shape index (κ1) is 13.3. The predicted molar refractivity (Wildman–Crippen MR) is 81.6 cm³/mol. The normalized spacial score (nSPS) is 21.1. The molecule has 1 heterocycles. The molecule has 2 fully saturated rings. The van der Waals surface area contributed by atoms with Crippen molar-refractivity contribution >= 4 is 11.4 Å². The summed E-state index contributed by atoms with van der Waals surface area (Å²) >= 11 is 0. The van der Waals surface area contributed by atoms with Crippen LogP contribution in [0, 0.1) is 11.3 Å². The molecular weight excluding hydrogens is 248 g/mol. The number of hydrogen-bond donors (Lipinski definition) is 1. The van der Waals surface area contributed by atoms with Crippen molar-refractivity contribution in [2.24, 2.45) is 0 Å². The zero-order valence-electron chi connectivity index (χ0n) is 11.9. The van der Waals surface area contributed by atoms with Crippen LogP contribution in [0.3, 0.4) is 0 Å². The van der Waals surface area contributed by atoms with E-state index in [2.05, 4.69) is 15.9 Å². The zero-order chi connectivity index (χ0) is 13.9. The molecule has 4 heteroatoms. The molecule has 1 aliphatic carbocycles. The second-order valence-electron chi connectivity index (χ2n) is 5.85. The van der Waals surface area contributed by atoms with Gasteiger partial charge in [-0.25, -0.2) is 0 Å². The number of nitrogens with zero attached hydrogens (tertiary/aromatic N) is 3. The lowest BCUT2D eigenvalue weighted by atomic mass is 10.1. The summed E-state index contributed by atoms with van der Waals surface area (Å²) in [6.45, 7) is 4.33. The van der Waals surface area contributed by atoms with Crippen molar-refractivity contribution in [3.63, 3.8) is 0 Å². The van der Waals surface area contributed by atoms with E-state index in [1.807, 2.05) is 12.1 Å². The highest BCUT2D eigenvalue weighted by molar-refractivity contribution is 5.69. The SMILES string of the molecule is N#Cc1ccc(N2CCN(C3CCCC3)CC2)c(N)c1. The number of nitriles is 1. The van der Waals surface area contributed by atoms with Gasteiger partial charge in [-0.1, -0.05) is 12.8 Å². The topological polar surface area (TPSA) is 56.3 Å². The zero-order valence-corrected chi connectivity index (χ0v) is 11.9. The lowest BCUT2D eigenvalue weighted by molar-refractivity contribution is 0.187. The number of anilines is 2. The summed E-state index contributed by atoms with van der Waals surface area (Å²) in [5, 5.41) is 8.89. The van der Waals surface area contributed by atoms with E-state index >= 15 is 0 Å². The fourth-order valence-electron chi connectivity index (χ4n) is 3.51. The number of benzene rings is 1. The van der Waals surface area contributed by atoms with Crippen LogP contribution in [-0.2, 0) is 0 Å². The average molecular weight is 270 g/mol. The van der Waals surface area contributed by atoms with Crippen LogP contribution in [0.25, 0.3) is 0 Å². The van der Waals surface area contributed by atoms with E-state index in [1.54, 1.807) is 6.07 Å². The standard InChI is InChI=1S/C16H22N4/c17-12-13-5-6-16(15(18)11-13)20-9-7-19(8-10-20)14-3-1-2-4-14/h5-6,11,14H,1-4,7-10,18H2. The quantitative estimate of drug-likeness (QED) is 0.837. The number of nitrogens with two attached hydrogens (primary N) is 1. The largest absolute Gasteiger partial charge is 0.397 e. The Morgan fingerprint density at radius 1 is 1.10 bits per heavy atom. The summed E-state index contributed by atoms with van der Waals surface area (Å²) in [7, 11) is 0. The summed E-state index contributed by atoms with van der Waals surface area (Å²) in [6, 6.07) is 8.57. The highest BCUT2D eigenvalue weighted by Gasteiger charge is 2.26. The Morgan fingerprint density at radius 3 is 2.40 bits per heavy atom. The van der Waals surface area contributed by atoms with Gasteiger partial charge in [-0.05, 0) is 31.0 Å². The average Bonchev–Trinajstić information content (AvgIpc) is 3.01. The predicted octanol–water partition coefficient (Wildman–Crippen LogP) is 2.21. The van der Waals surface area contributed by atoms with E-state index in [0.29, 0.717) is 5.56 Å². The molecule has 0 aromatic heterocycles. The van der Waals surface area contributed by atoms with Gasteiger partial charge in [0.25, 0.3) is 0 Å². The molecular formula is C16H22N4. The van der Waals surface area contributed by atoms with Crippen LogP contribution in [0.1, 0.15) is 31.2 Å². The fourth-order valence-corrected chi connectivity index (χ4v) is 3.51. The van der Waals surface area contributed by atoms with Crippen LogP contribution < -0.4 is 10.6 Å². The first-order valence-electron chi connectivity index (χ1n) is 7.56. The molecule has 20 heavy (non-hydrogen) atoms. The molecule has 0 spiro atoms. The third kappa shape index (κ3) is 2.59. The highest BCUT2D eigenvalue weighted by atomic mass is 15.3. The Bertz CT molecular complexity index is 506. The van der Waals surface area contributed by atoms with Crippen LogP contribution in [0.5, 0.6) is 0 Å². The van der Waals surface area contributed by atoms with Crippen molar-refractivity contribution in [3.05, 3.63) is 23.8 Å². The molecule has 1 aliphatic heterocycles. The van der Waals surface area contributed by atoms with E-state index < -0.39 is 0 Å². The summed E-state index contributed by atoms with van der Waals surface area (Å²) < 4.78 is 0. The molecule has 106 valence electrons. The molecule has 0 atom stereocenters. The molecule has 4 nitrogen and oxygen atoms in total. The summed E-state index contributed by atoms with van der Waals surface area (Å²) in [4.78, 5) is 4.99. The number of nitrogen functional groups attached to an aromatic ring is 1. The van der Waals surface area contributed by atoms with E-state index in [-0.39, 0.29) is 0 Å². The van der Waals surface area contributed by atoms with Gasteiger partial charge in [0.05, 0.1) is 23.0 Å².